The van der Waals surface area contributed by atoms with Gasteiger partial charge in [-0.15, -0.1) is 0 Å². The monoisotopic (exact) mass is 344 g/mol. The Bertz CT molecular complexity index is 575. The van der Waals surface area contributed by atoms with E-state index < -0.39 is 3.78 Å². The maximum Gasteiger partial charge on any atom is 0.217 e. The van der Waals surface area contributed by atoms with Gasteiger partial charge in [0, 0.05) is 18.0 Å². The minimum atomic E-state index is -1.47. The van der Waals surface area contributed by atoms with Crippen LogP contribution in [0.3, 0.4) is 0 Å². The number of ketones is 1. The summed E-state index contributed by atoms with van der Waals surface area (Å²) >= 11 is 15.4. The second-order valence-electron chi connectivity index (χ2n) is 3.46. The maximum absolute atomic E-state index is 12.3. The van der Waals surface area contributed by atoms with Gasteiger partial charge >= 0.3 is 0 Å². The summed E-state index contributed by atoms with van der Waals surface area (Å²) in [6.07, 6.45) is 3.05. The molecule has 0 amide bonds. The molecule has 1 atom stereocenters. The molecular weight excluding hydrogens is 339 g/mol. The summed E-state index contributed by atoms with van der Waals surface area (Å²) in [6.45, 7) is 0. The van der Waals surface area contributed by atoms with Crippen LogP contribution in [-0.4, -0.2) is 15.8 Å². The number of rotatable bonds is 3. The molecular formula is C12H7BrCl2N2O. The van der Waals surface area contributed by atoms with Crippen LogP contribution in [0.2, 0.25) is 5.15 Å². The second-order valence-corrected chi connectivity index (χ2v) is 6.03. The van der Waals surface area contributed by atoms with Gasteiger partial charge in [0.15, 0.2) is 3.78 Å². The van der Waals surface area contributed by atoms with Crippen molar-refractivity contribution in [3.8, 4) is 0 Å². The number of carbonyl (C=O) groups excluding carboxylic acids is 1. The Morgan fingerprint density at radius 1 is 1.17 bits per heavy atom. The number of hydrogen-bond donors (Lipinski definition) is 0. The number of nitrogens with zero attached hydrogens (tertiary/aromatic N) is 2. The van der Waals surface area contributed by atoms with Crippen LogP contribution in [-0.2, 0) is 3.78 Å². The van der Waals surface area contributed by atoms with Crippen molar-refractivity contribution in [2.75, 3.05) is 0 Å². The third kappa shape index (κ3) is 2.55. The largest absolute Gasteiger partial charge is 0.289 e. The molecule has 0 saturated carbocycles. The second kappa shape index (κ2) is 5.34. The van der Waals surface area contributed by atoms with E-state index in [1.807, 2.05) is 0 Å². The molecule has 0 bridgehead atoms. The predicted molar refractivity (Wildman–Crippen MR) is 74.3 cm³/mol. The summed E-state index contributed by atoms with van der Waals surface area (Å²) in [6, 6.07) is 8.32. The van der Waals surface area contributed by atoms with E-state index in [1.165, 1.54) is 12.4 Å². The molecule has 2 rings (SSSR count). The van der Waals surface area contributed by atoms with Crippen molar-refractivity contribution in [1.29, 1.82) is 0 Å². The number of carbonyl (C=O) groups is 1. The quantitative estimate of drug-likeness (QED) is 0.482. The van der Waals surface area contributed by atoms with Crippen LogP contribution in [0.25, 0.3) is 0 Å². The lowest BCUT2D eigenvalue weighted by molar-refractivity contribution is 0.0972. The lowest BCUT2D eigenvalue weighted by Crippen LogP contribution is -2.24. The third-order valence-corrected chi connectivity index (χ3v) is 3.74. The number of hydrogen-bond acceptors (Lipinski definition) is 3. The van der Waals surface area contributed by atoms with E-state index in [9.17, 15) is 4.79 Å². The van der Waals surface area contributed by atoms with E-state index >= 15 is 0 Å². The molecule has 0 aliphatic heterocycles. The molecule has 1 unspecified atom stereocenters. The van der Waals surface area contributed by atoms with E-state index in [1.54, 1.807) is 30.3 Å². The van der Waals surface area contributed by atoms with E-state index in [0.717, 1.165) is 0 Å². The molecule has 0 saturated heterocycles. The third-order valence-electron chi connectivity index (χ3n) is 2.28. The molecule has 0 fully saturated rings. The van der Waals surface area contributed by atoms with Crippen molar-refractivity contribution >= 4 is 44.9 Å². The fourth-order valence-corrected chi connectivity index (χ4v) is 2.60. The minimum Gasteiger partial charge on any atom is -0.289 e. The summed E-state index contributed by atoms with van der Waals surface area (Å²) in [5.74, 6) is -0.389. The van der Waals surface area contributed by atoms with Crippen LogP contribution >= 0.6 is 39.1 Å². The molecule has 0 aromatic carbocycles. The maximum atomic E-state index is 12.3. The molecule has 2 heterocycles. The molecule has 6 heteroatoms. The average molecular weight is 346 g/mol. The van der Waals surface area contributed by atoms with E-state index in [4.69, 9.17) is 23.2 Å². The van der Waals surface area contributed by atoms with Gasteiger partial charge in [0.25, 0.3) is 0 Å². The Kier molecular flexibility index (Phi) is 4.00. The van der Waals surface area contributed by atoms with Crippen LogP contribution in [0.15, 0.2) is 42.7 Å². The summed E-state index contributed by atoms with van der Waals surface area (Å²) in [4.78, 5) is 20.2. The van der Waals surface area contributed by atoms with Gasteiger partial charge in [0.05, 0.1) is 0 Å². The van der Waals surface area contributed by atoms with Crippen molar-refractivity contribution in [3.05, 3.63) is 59.1 Å². The van der Waals surface area contributed by atoms with Gasteiger partial charge in [-0.05, 0) is 18.2 Å². The standard InChI is InChI=1S/C12H7BrCl2N2O/c13-12(15,8-4-3-7-17-11(8)14)10(18)9-5-1-2-6-16-9/h1-7H. The Labute approximate surface area is 122 Å². The zero-order valence-electron chi connectivity index (χ0n) is 8.98. The molecule has 0 radical (unpaired) electrons. The topological polar surface area (TPSA) is 42.9 Å². The van der Waals surface area contributed by atoms with E-state index in [2.05, 4.69) is 25.9 Å². The van der Waals surface area contributed by atoms with Crippen LogP contribution < -0.4 is 0 Å². The molecule has 3 nitrogen and oxygen atoms in total. The smallest absolute Gasteiger partial charge is 0.217 e. The normalized spacial score (nSPS) is 13.9. The summed E-state index contributed by atoms with van der Waals surface area (Å²) in [5, 5.41) is 0.175. The van der Waals surface area contributed by atoms with Gasteiger partial charge in [-0.3, -0.25) is 9.78 Å². The first-order valence-electron chi connectivity index (χ1n) is 4.98. The first-order valence-corrected chi connectivity index (χ1v) is 6.53. The van der Waals surface area contributed by atoms with Crippen molar-refractivity contribution in [2.24, 2.45) is 0 Å². The highest BCUT2D eigenvalue weighted by Gasteiger charge is 2.38. The molecule has 0 spiro atoms. The molecule has 2 aromatic rings. The summed E-state index contributed by atoms with van der Waals surface area (Å²) in [7, 11) is 0. The lowest BCUT2D eigenvalue weighted by Gasteiger charge is -2.19. The highest BCUT2D eigenvalue weighted by atomic mass is 79.9. The first-order chi connectivity index (χ1) is 8.53. The van der Waals surface area contributed by atoms with Crippen LogP contribution in [0.5, 0.6) is 0 Å². The van der Waals surface area contributed by atoms with Gasteiger partial charge in [-0.1, -0.05) is 51.3 Å². The Hall–Kier alpha value is -0.970. The van der Waals surface area contributed by atoms with Crippen molar-refractivity contribution < 1.29 is 4.79 Å². The van der Waals surface area contributed by atoms with Gasteiger partial charge in [-0.2, -0.15) is 0 Å². The Balaban J connectivity index is 2.44. The van der Waals surface area contributed by atoms with E-state index in [0.29, 0.717) is 5.56 Å². The lowest BCUT2D eigenvalue weighted by atomic mass is 10.1. The molecule has 2 aromatic heterocycles. The highest BCUT2D eigenvalue weighted by molar-refractivity contribution is 9.10. The molecule has 18 heavy (non-hydrogen) atoms. The predicted octanol–water partition coefficient (Wildman–Crippen LogP) is 3.80. The van der Waals surface area contributed by atoms with Crippen LogP contribution in [0.4, 0.5) is 0 Å². The minimum absolute atomic E-state index is 0.175. The number of alkyl halides is 2. The number of pyridine rings is 2. The van der Waals surface area contributed by atoms with Gasteiger partial charge < -0.3 is 0 Å². The zero-order valence-corrected chi connectivity index (χ0v) is 12.1. The zero-order chi connectivity index (χ0) is 13.2. The molecule has 0 aliphatic carbocycles. The van der Waals surface area contributed by atoms with Crippen molar-refractivity contribution in [3.63, 3.8) is 0 Å². The van der Waals surface area contributed by atoms with Crippen LogP contribution in [0.1, 0.15) is 16.1 Å². The van der Waals surface area contributed by atoms with Gasteiger partial charge in [0.1, 0.15) is 10.8 Å². The molecule has 0 N–H and O–H groups in total. The SMILES string of the molecule is O=C(c1ccccn1)C(Cl)(Br)c1cccnc1Cl. The Morgan fingerprint density at radius 2 is 1.89 bits per heavy atom. The number of aromatic nitrogens is 2. The van der Waals surface area contributed by atoms with Crippen molar-refractivity contribution in [2.45, 2.75) is 3.78 Å². The summed E-state index contributed by atoms with van der Waals surface area (Å²) < 4.78 is -1.47. The van der Waals surface area contributed by atoms with Crippen molar-refractivity contribution in [1.82, 2.24) is 9.97 Å². The van der Waals surface area contributed by atoms with Gasteiger partial charge in [0.2, 0.25) is 5.78 Å². The molecule has 0 aliphatic rings. The van der Waals surface area contributed by atoms with E-state index in [-0.39, 0.29) is 16.6 Å². The van der Waals surface area contributed by atoms with Crippen LogP contribution in [0, 0.1) is 0 Å². The fraction of sp³-hybridized carbons (Fsp3) is 0.0833. The first kappa shape index (κ1) is 13.5. The number of Topliss-reactive ketones (excluding diaryl/α,β-unsaturated/α-hetero) is 1. The average Bonchev–Trinajstić information content (AvgIpc) is 2.39. The molecule has 92 valence electrons. The highest BCUT2D eigenvalue weighted by Crippen LogP contribution is 2.41. The fourth-order valence-electron chi connectivity index (χ4n) is 1.40. The Morgan fingerprint density at radius 3 is 2.50 bits per heavy atom. The number of halogens is 3. The van der Waals surface area contributed by atoms with Gasteiger partial charge in [-0.25, -0.2) is 4.98 Å². The summed E-state index contributed by atoms with van der Waals surface area (Å²) in [5.41, 5.74) is 0.647.